The highest BCUT2D eigenvalue weighted by Crippen LogP contribution is 2.21. The predicted molar refractivity (Wildman–Crippen MR) is 76.6 cm³/mol. The van der Waals surface area contributed by atoms with Gasteiger partial charge in [0.15, 0.2) is 0 Å². The van der Waals surface area contributed by atoms with Crippen LogP contribution in [0.1, 0.15) is 59.3 Å². The highest BCUT2D eigenvalue weighted by molar-refractivity contribution is 5.76. The second-order valence-corrected chi connectivity index (χ2v) is 5.58. The summed E-state index contributed by atoms with van der Waals surface area (Å²) >= 11 is 0. The molecule has 1 fully saturated rings. The van der Waals surface area contributed by atoms with Crippen LogP contribution in [0.2, 0.25) is 0 Å². The molecule has 3 heteroatoms. The maximum atomic E-state index is 12.0. The number of nitrogens with one attached hydrogen (secondary N) is 1. The molecule has 3 nitrogen and oxygen atoms in total. The molecule has 0 spiro atoms. The zero-order valence-electron chi connectivity index (χ0n) is 12.4. The average molecular weight is 254 g/mol. The van der Waals surface area contributed by atoms with Crippen molar-refractivity contribution in [3.05, 3.63) is 0 Å². The van der Waals surface area contributed by atoms with Crippen LogP contribution in [0.15, 0.2) is 0 Å². The Kier molecular flexibility index (Phi) is 7.33. The van der Waals surface area contributed by atoms with Crippen LogP contribution in [0.4, 0.5) is 0 Å². The molecule has 2 atom stereocenters. The van der Waals surface area contributed by atoms with Gasteiger partial charge in [-0.1, -0.05) is 20.3 Å². The molecule has 0 bridgehead atoms. The summed E-state index contributed by atoms with van der Waals surface area (Å²) in [5, 5.41) is 3.42. The van der Waals surface area contributed by atoms with E-state index in [0.29, 0.717) is 11.9 Å². The molecule has 18 heavy (non-hydrogen) atoms. The molecule has 1 aliphatic rings. The number of carbonyl (C=O) groups is 1. The Morgan fingerprint density at radius 2 is 2.17 bits per heavy atom. The molecule has 0 saturated carbocycles. The Morgan fingerprint density at radius 3 is 2.83 bits per heavy atom. The lowest BCUT2D eigenvalue weighted by Gasteiger charge is -2.22. The van der Waals surface area contributed by atoms with E-state index in [9.17, 15) is 4.79 Å². The van der Waals surface area contributed by atoms with Gasteiger partial charge >= 0.3 is 0 Å². The van der Waals surface area contributed by atoms with Gasteiger partial charge in [-0.2, -0.15) is 0 Å². The second kappa shape index (κ2) is 8.52. The van der Waals surface area contributed by atoms with Gasteiger partial charge < -0.3 is 10.2 Å². The molecule has 0 aliphatic carbocycles. The fraction of sp³-hybridized carbons (Fsp3) is 0.933. The molecule has 0 radical (unpaired) electrons. The lowest BCUT2D eigenvalue weighted by molar-refractivity contribution is -0.130. The third kappa shape index (κ3) is 5.38. The molecule has 1 rings (SSSR count). The van der Waals surface area contributed by atoms with Crippen LogP contribution >= 0.6 is 0 Å². The van der Waals surface area contributed by atoms with E-state index in [1.54, 1.807) is 0 Å². The van der Waals surface area contributed by atoms with Crippen molar-refractivity contribution in [1.82, 2.24) is 10.2 Å². The van der Waals surface area contributed by atoms with E-state index < -0.39 is 0 Å². The Labute approximate surface area is 112 Å². The zero-order chi connectivity index (χ0) is 13.4. The fourth-order valence-corrected chi connectivity index (χ4v) is 2.78. The van der Waals surface area contributed by atoms with Gasteiger partial charge in [0.05, 0.1) is 0 Å². The Bertz CT molecular complexity index is 243. The van der Waals surface area contributed by atoms with Gasteiger partial charge in [-0.15, -0.1) is 0 Å². The highest BCUT2D eigenvalue weighted by Gasteiger charge is 2.21. The number of hydrogen-bond acceptors (Lipinski definition) is 2. The number of hydrogen-bond donors (Lipinski definition) is 1. The minimum atomic E-state index is 0.377. The van der Waals surface area contributed by atoms with Crippen molar-refractivity contribution < 1.29 is 4.79 Å². The highest BCUT2D eigenvalue weighted by atomic mass is 16.2. The summed E-state index contributed by atoms with van der Waals surface area (Å²) in [5.41, 5.74) is 0. The summed E-state index contributed by atoms with van der Waals surface area (Å²) in [5.74, 6) is 1.14. The molecular weight excluding hydrogens is 224 g/mol. The molecule has 1 heterocycles. The van der Waals surface area contributed by atoms with E-state index in [1.807, 2.05) is 0 Å². The largest absolute Gasteiger partial charge is 0.343 e. The van der Waals surface area contributed by atoms with E-state index in [2.05, 4.69) is 31.0 Å². The number of rotatable bonds is 7. The fourth-order valence-electron chi connectivity index (χ4n) is 2.78. The van der Waals surface area contributed by atoms with E-state index in [4.69, 9.17) is 0 Å². The van der Waals surface area contributed by atoms with Gasteiger partial charge in [-0.3, -0.25) is 4.79 Å². The average Bonchev–Trinajstić information content (AvgIpc) is 2.53. The number of carbonyl (C=O) groups excluding carboxylic acids is 1. The first-order chi connectivity index (χ1) is 8.67. The van der Waals surface area contributed by atoms with Crippen LogP contribution in [0.5, 0.6) is 0 Å². The van der Waals surface area contributed by atoms with Crippen LogP contribution in [0, 0.1) is 5.92 Å². The Morgan fingerprint density at radius 1 is 1.39 bits per heavy atom. The quantitative estimate of drug-likeness (QED) is 0.757. The van der Waals surface area contributed by atoms with Gasteiger partial charge in [0.2, 0.25) is 5.91 Å². The first-order valence-corrected chi connectivity index (χ1v) is 7.68. The zero-order valence-corrected chi connectivity index (χ0v) is 12.4. The minimum Gasteiger partial charge on any atom is -0.343 e. The van der Waals surface area contributed by atoms with Gasteiger partial charge in [0.1, 0.15) is 0 Å². The molecule has 106 valence electrons. The molecule has 0 aromatic carbocycles. The van der Waals surface area contributed by atoms with Gasteiger partial charge in [-0.05, 0) is 45.1 Å². The molecule has 1 N–H and O–H groups in total. The first kappa shape index (κ1) is 15.5. The van der Waals surface area contributed by atoms with E-state index in [0.717, 1.165) is 51.2 Å². The molecular formula is C15H30N2O. The van der Waals surface area contributed by atoms with Crippen molar-refractivity contribution in [2.75, 3.05) is 19.6 Å². The summed E-state index contributed by atoms with van der Waals surface area (Å²) in [7, 11) is 0. The molecule has 0 aromatic rings. The summed E-state index contributed by atoms with van der Waals surface area (Å²) in [6.45, 7) is 9.56. The molecule has 1 amide bonds. The number of amides is 1. The third-order valence-electron chi connectivity index (χ3n) is 4.12. The molecule has 0 aromatic heterocycles. The topological polar surface area (TPSA) is 32.3 Å². The summed E-state index contributed by atoms with van der Waals surface area (Å²) in [6, 6.07) is 0.570. The Balaban J connectivity index is 2.26. The normalized spacial score (nSPS) is 22.9. The van der Waals surface area contributed by atoms with Crippen molar-refractivity contribution in [1.29, 1.82) is 0 Å². The smallest absolute Gasteiger partial charge is 0.222 e. The van der Waals surface area contributed by atoms with E-state index >= 15 is 0 Å². The number of nitrogens with zero attached hydrogens (tertiary/aromatic N) is 1. The third-order valence-corrected chi connectivity index (χ3v) is 4.12. The van der Waals surface area contributed by atoms with Crippen molar-refractivity contribution in [3.63, 3.8) is 0 Å². The summed E-state index contributed by atoms with van der Waals surface area (Å²) in [6.07, 6.45) is 6.57. The van der Waals surface area contributed by atoms with Crippen LogP contribution in [-0.4, -0.2) is 36.5 Å². The minimum absolute atomic E-state index is 0.377. The standard InChI is InChI=1S/C15H30N2O/c1-4-14-8-9-15(18)17(12-10-14)11-6-7-13(3)16-5-2/h13-14,16H,4-12H2,1-3H3. The van der Waals surface area contributed by atoms with E-state index in [-0.39, 0.29) is 0 Å². The number of likely N-dealkylation sites (tertiary alicyclic amines) is 1. The van der Waals surface area contributed by atoms with Gasteiger partial charge in [0, 0.05) is 25.6 Å². The lowest BCUT2D eigenvalue weighted by Crippen LogP contribution is -2.33. The SMILES string of the molecule is CCNC(C)CCCN1CCC(CC)CCC1=O. The molecule has 2 unspecified atom stereocenters. The van der Waals surface area contributed by atoms with Crippen molar-refractivity contribution in [2.45, 2.75) is 65.3 Å². The molecule has 1 saturated heterocycles. The van der Waals surface area contributed by atoms with Crippen molar-refractivity contribution in [3.8, 4) is 0 Å². The van der Waals surface area contributed by atoms with Crippen LogP contribution in [-0.2, 0) is 4.79 Å². The monoisotopic (exact) mass is 254 g/mol. The molecule has 1 aliphatic heterocycles. The van der Waals surface area contributed by atoms with Crippen LogP contribution in [0.25, 0.3) is 0 Å². The van der Waals surface area contributed by atoms with Crippen molar-refractivity contribution in [2.24, 2.45) is 5.92 Å². The second-order valence-electron chi connectivity index (χ2n) is 5.58. The summed E-state index contributed by atoms with van der Waals surface area (Å²) < 4.78 is 0. The van der Waals surface area contributed by atoms with E-state index in [1.165, 1.54) is 12.8 Å². The van der Waals surface area contributed by atoms with Crippen LogP contribution < -0.4 is 5.32 Å². The predicted octanol–water partition coefficient (Wildman–Crippen LogP) is 2.80. The maximum absolute atomic E-state index is 12.0. The van der Waals surface area contributed by atoms with Gasteiger partial charge in [-0.25, -0.2) is 0 Å². The lowest BCUT2D eigenvalue weighted by atomic mass is 9.98. The maximum Gasteiger partial charge on any atom is 0.222 e. The van der Waals surface area contributed by atoms with Crippen LogP contribution in [0.3, 0.4) is 0 Å². The van der Waals surface area contributed by atoms with Gasteiger partial charge in [0.25, 0.3) is 0 Å². The van der Waals surface area contributed by atoms with Crippen molar-refractivity contribution >= 4 is 5.91 Å². The Hall–Kier alpha value is -0.570. The summed E-state index contributed by atoms with van der Waals surface area (Å²) in [4.78, 5) is 14.1. The first-order valence-electron chi connectivity index (χ1n) is 7.68.